The van der Waals surface area contributed by atoms with Crippen molar-refractivity contribution in [2.24, 2.45) is 0 Å². The molecule has 0 spiro atoms. The highest BCUT2D eigenvalue weighted by Gasteiger charge is 2.08. The van der Waals surface area contributed by atoms with Gasteiger partial charge in [-0.05, 0) is 13.8 Å². The Bertz CT molecular complexity index is 338. The summed E-state index contributed by atoms with van der Waals surface area (Å²) >= 11 is 0. The van der Waals surface area contributed by atoms with Crippen LogP contribution in [0.25, 0.3) is 0 Å². The van der Waals surface area contributed by atoms with Crippen molar-refractivity contribution >= 4 is 5.97 Å². The molecule has 0 aliphatic heterocycles. The van der Waals surface area contributed by atoms with Gasteiger partial charge in [-0.2, -0.15) is 0 Å². The summed E-state index contributed by atoms with van der Waals surface area (Å²) in [5.41, 5.74) is 1.76. The lowest BCUT2D eigenvalue weighted by molar-refractivity contribution is -0.141. The summed E-state index contributed by atoms with van der Waals surface area (Å²) in [5.74, 6) is -0.213. The third-order valence-electron chi connectivity index (χ3n) is 2.17. The number of hydrogen-bond donors (Lipinski definition) is 1. The molecular formula is C11H17N3O2. The molecule has 16 heavy (non-hydrogen) atoms. The van der Waals surface area contributed by atoms with E-state index in [0.29, 0.717) is 13.0 Å². The Morgan fingerprint density at radius 2 is 2.25 bits per heavy atom. The maximum atomic E-state index is 11.0. The molecule has 1 aromatic heterocycles. The molecule has 1 heterocycles. The molecule has 0 aliphatic carbocycles. The van der Waals surface area contributed by atoms with Crippen LogP contribution in [-0.4, -0.2) is 29.1 Å². The van der Waals surface area contributed by atoms with E-state index in [1.54, 1.807) is 12.4 Å². The van der Waals surface area contributed by atoms with Gasteiger partial charge in [0.1, 0.15) is 0 Å². The number of methoxy groups -OCH3 is 1. The second-order valence-corrected chi connectivity index (χ2v) is 3.71. The molecule has 0 amide bonds. The summed E-state index contributed by atoms with van der Waals surface area (Å²) in [6, 6.07) is 0.0653. The van der Waals surface area contributed by atoms with Gasteiger partial charge in [-0.1, -0.05) is 0 Å². The van der Waals surface area contributed by atoms with Gasteiger partial charge in [-0.15, -0.1) is 0 Å². The van der Waals surface area contributed by atoms with E-state index < -0.39 is 0 Å². The summed E-state index contributed by atoms with van der Waals surface area (Å²) in [5, 5.41) is 3.18. The van der Waals surface area contributed by atoms with Crippen molar-refractivity contribution < 1.29 is 9.53 Å². The third-order valence-corrected chi connectivity index (χ3v) is 2.17. The number of aryl methyl sites for hydroxylation is 1. The van der Waals surface area contributed by atoms with Gasteiger partial charge in [0.2, 0.25) is 0 Å². The van der Waals surface area contributed by atoms with Gasteiger partial charge in [0.15, 0.2) is 0 Å². The number of nitrogens with zero attached hydrogens (tertiary/aromatic N) is 2. The number of rotatable bonds is 5. The van der Waals surface area contributed by atoms with Crippen LogP contribution < -0.4 is 5.32 Å². The van der Waals surface area contributed by atoms with Crippen LogP contribution in [0.3, 0.4) is 0 Å². The van der Waals surface area contributed by atoms with Crippen molar-refractivity contribution in [2.75, 3.05) is 7.11 Å². The monoisotopic (exact) mass is 223 g/mol. The van der Waals surface area contributed by atoms with Gasteiger partial charge in [-0.3, -0.25) is 14.8 Å². The number of carbonyl (C=O) groups is 1. The zero-order valence-electron chi connectivity index (χ0n) is 9.86. The van der Waals surface area contributed by atoms with Crippen LogP contribution >= 0.6 is 0 Å². The van der Waals surface area contributed by atoms with Crippen molar-refractivity contribution in [2.45, 2.75) is 32.9 Å². The van der Waals surface area contributed by atoms with Crippen molar-refractivity contribution in [3.8, 4) is 0 Å². The Morgan fingerprint density at radius 3 is 2.81 bits per heavy atom. The predicted molar refractivity (Wildman–Crippen MR) is 59.7 cm³/mol. The lowest BCUT2D eigenvalue weighted by Crippen LogP contribution is -2.28. The molecule has 1 aromatic rings. The largest absolute Gasteiger partial charge is 0.469 e. The first-order chi connectivity index (χ1) is 7.61. The molecule has 88 valence electrons. The van der Waals surface area contributed by atoms with Crippen LogP contribution in [0.4, 0.5) is 0 Å². The van der Waals surface area contributed by atoms with E-state index in [4.69, 9.17) is 0 Å². The number of esters is 1. The van der Waals surface area contributed by atoms with E-state index in [1.165, 1.54) is 7.11 Å². The van der Waals surface area contributed by atoms with Crippen molar-refractivity contribution in [3.05, 3.63) is 23.8 Å². The van der Waals surface area contributed by atoms with Gasteiger partial charge in [-0.25, -0.2) is 0 Å². The van der Waals surface area contributed by atoms with Gasteiger partial charge >= 0.3 is 5.97 Å². The maximum absolute atomic E-state index is 11.0. The van der Waals surface area contributed by atoms with E-state index in [1.807, 2.05) is 13.8 Å². The molecule has 5 nitrogen and oxygen atoms in total. The molecule has 0 aromatic carbocycles. The average molecular weight is 223 g/mol. The van der Waals surface area contributed by atoms with Crippen LogP contribution in [-0.2, 0) is 16.1 Å². The maximum Gasteiger partial charge on any atom is 0.307 e. The standard InChI is InChI=1S/C11H17N3O2/c1-8(4-11(15)16-3)12-6-10-7-13-9(2)5-14-10/h5,7-8,12H,4,6H2,1-3H3. The molecule has 0 aliphatic rings. The quantitative estimate of drug-likeness (QED) is 0.749. The first-order valence-corrected chi connectivity index (χ1v) is 5.19. The van der Waals surface area contributed by atoms with Gasteiger partial charge in [0.05, 0.1) is 24.9 Å². The zero-order chi connectivity index (χ0) is 12.0. The SMILES string of the molecule is COC(=O)CC(C)NCc1cnc(C)cn1. The highest BCUT2D eigenvalue weighted by molar-refractivity contribution is 5.69. The summed E-state index contributed by atoms with van der Waals surface area (Å²) in [7, 11) is 1.39. The van der Waals surface area contributed by atoms with E-state index in [-0.39, 0.29) is 12.0 Å². The second kappa shape index (κ2) is 6.17. The molecule has 1 rings (SSSR count). The topological polar surface area (TPSA) is 64.1 Å². The Morgan fingerprint density at radius 1 is 1.50 bits per heavy atom. The van der Waals surface area contributed by atoms with E-state index >= 15 is 0 Å². The second-order valence-electron chi connectivity index (χ2n) is 3.71. The molecule has 0 fully saturated rings. The number of carbonyl (C=O) groups excluding carboxylic acids is 1. The number of aromatic nitrogens is 2. The fraction of sp³-hybridized carbons (Fsp3) is 0.545. The Hall–Kier alpha value is -1.49. The molecule has 1 N–H and O–H groups in total. The van der Waals surface area contributed by atoms with Crippen LogP contribution in [0.5, 0.6) is 0 Å². The van der Waals surface area contributed by atoms with Gasteiger partial charge < -0.3 is 10.1 Å². The van der Waals surface area contributed by atoms with Crippen molar-refractivity contribution in [3.63, 3.8) is 0 Å². The summed E-state index contributed by atoms with van der Waals surface area (Å²) < 4.78 is 4.58. The average Bonchev–Trinajstić information content (AvgIpc) is 2.28. The molecule has 0 saturated carbocycles. The van der Waals surface area contributed by atoms with E-state index in [2.05, 4.69) is 20.0 Å². The third kappa shape index (κ3) is 4.35. The highest BCUT2D eigenvalue weighted by Crippen LogP contribution is 1.97. The first-order valence-electron chi connectivity index (χ1n) is 5.19. The normalized spacial score (nSPS) is 12.2. The lowest BCUT2D eigenvalue weighted by atomic mass is 10.2. The van der Waals surface area contributed by atoms with Gasteiger partial charge in [0, 0.05) is 25.0 Å². The highest BCUT2D eigenvalue weighted by atomic mass is 16.5. The molecule has 1 atom stereocenters. The van der Waals surface area contributed by atoms with Crippen LogP contribution in [0.2, 0.25) is 0 Å². The predicted octanol–water partition coefficient (Wildman–Crippen LogP) is 0.826. The van der Waals surface area contributed by atoms with E-state index in [0.717, 1.165) is 11.4 Å². The van der Waals surface area contributed by atoms with Crippen LogP contribution in [0, 0.1) is 6.92 Å². The Labute approximate surface area is 95.3 Å². The van der Waals surface area contributed by atoms with E-state index in [9.17, 15) is 4.79 Å². The van der Waals surface area contributed by atoms with Crippen LogP contribution in [0.1, 0.15) is 24.7 Å². The summed E-state index contributed by atoms with van der Waals surface area (Å²) in [6.07, 6.45) is 3.81. The Balaban J connectivity index is 2.34. The minimum absolute atomic E-state index is 0.0653. The first kappa shape index (κ1) is 12.6. The molecule has 0 saturated heterocycles. The van der Waals surface area contributed by atoms with Crippen molar-refractivity contribution in [1.82, 2.24) is 15.3 Å². The summed E-state index contributed by atoms with van der Waals surface area (Å²) in [6.45, 7) is 4.42. The Kier molecular flexibility index (Phi) is 4.85. The molecule has 5 heteroatoms. The zero-order valence-corrected chi connectivity index (χ0v) is 9.86. The summed E-state index contributed by atoms with van der Waals surface area (Å²) in [4.78, 5) is 19.3. The molecule has 0 radical (unpaired) electrons. The van der Waals surface area contributed by atoms with Crippen molar-refractivity contribution in [1.29, 1.82) is 0 Å². The molecular weight excluding hydrogens is 206 g/mol. The minimum Gasteiger partial charge on any atom is -0.469 e. The van der Waals surface area contributed by atoms with Crippen LogP contribution in [0.15, 0.2) is 12.4 Å². The molecule has 1 unspecified atom stereocenters. The number of nitrogens with one attached hydrogen (secondary N) is 1. The minimum atomic E-state index is -0.213. The number of hydrogen-bond acceptors (Lipinski definition) is 5. The fourth-order valence-corrected chi connectivity index (χ4v) is 1.19. The fourth-order valence-electron chi connectivity index (χ4n) is 1.19. The molecule has 0 bridgehead atoms. The lowest BCUT2D eigenvalue weighted by Gasteiger charge is -2.11. The smallest absolute Gasteiger partial charge is 0.307 e. The number of ether oxygens (including phenoxy) is 1. The van der Waals surface area contributed by atoms with Gasteiger partial charge in [0.25, 0.3) is 0 Å².